The smallest absolute Gasteiger partial charge is 0.194 e. The van der Waals surface area contributed by atoms with Crippen molar-refractivity contribution in [2.45, 2.75) is 44.3 Å². The highest BCUT2D eigenvalue weighted by atomic mass is 16.5. The number of pyridine rings is 1. The molecule has 3 heterocycles. The van der Waals surface area contributed by atoms with Crippen LogP contribution in [0.3, 0.4) is 0 Å². The van der Waals surface area contributed by atoms with Crippen LogP contribution in [0.25, 0.3) is 17.0 Å². The number of hydrogen-bond acceptors (Lipinski definition) is 3. The minimum Gasteiger partial charge on any atom is -0.493 e. The minimum absolute atomic E-state index is 0.00118. The molecule has 3 aliphatic rings. The van der Waals surface area contributed by atoms with Gasteiger partial charge in [-0.1, -0.05) is 60.7 Å². The van der Waals surface area contributed by atoms with Gasteiger partial charge in [0.1, 0.15) is 5.75 Å². The monoisotopic (exact) mass is 460 g/mol. The standard InChI is InChI=1S/C31H28N2O2/c1-19(23-11-6-8-20-7-2-3-9-24(20)23)33-18-26-29(32-27-12-5-4-10-25(27)31(26)34)30(33)22-13-14-28-21(17-22)15-16-35-28/h2-10,12-14,17,19,23,30H,11,15-16,18H2,1H3,(H,32,34)/t19-,23?,30-/m1/s1. The van der Waals surface area contributed by atoms with E-state index in [9.17, 15) is 4.79 Å². The highest BCUT2D eigenvalue weighted by molar-refractivity contribution is 5.79. The molecule has 1 N–H and O–H groups in total. The molecule has 0 fully saturated rings. The summed E-state index contributed by atoms with van der Waals surface area (Å²) < 4.78 is 5.79. The van der Waals surface area contributed by atoms with Crippen LogP contribution in [0, 0.1) is 0 Å². The lowest BCUT2D eigenvalue weighted by Crippen LogP contribution is -2.37. The number of fused-ring (bicyclic) bond motifs is 4. The van der Waals surface area contributed by atoms with Crippen molar-refractivity contribution in [1.29, 1.82) is 0 Å². The Morgan fingerprint density at radius 1 is 1.06 bits per heavy atom. The summed E-state index contributed by atoms with van der Waals surface area (Å²) in [5, 5.41) is 0.771. The van der Waals surface area contributed by atoms with Crippen molar-refractivity contribution in [3.05, 3.63) is 117 Å². The summed E-state index contributed by atoms with van der Waals surface area (Å²) >= 11 is 0. The number of rotatable bonds is 3. The number of benzene rings is 3. The first-order valence-electron chi connectivity index (χ1n) is 12.6. The average molecular weight is 461 g/mol. The first-order valence-corrected chi connectivity index (χ1v) is 12.6. The van der Waals surface area contributed by atoms with E-state index in [-0.39, 0.29) is 17.5 Å². The van der Waals surface area contributed by atoms with Crippen LogP contribution in [0.4, 0.5) is 0 Å². The van der Waals surface area contributed by atoms with Crippen molar-refractivity contribution in [1.82, 2.24) is 9.88 Å². The number of aromatic amines is 1. The second-order valence-corrected chi connectivity index (χ2v) is 10.0. The molecule has 3 atom stereocenters. The molecule has 4 nitrogen and oxygen atoms in total. The van der Waals surface area contributed by atoms with Gasteiger partial charge in [0.15, 0.2) is 5.43 Å². The van der Waals surface area contributed by atoms with Crippen molar-refractivity contribution >= 4 is 17.0 Å². The number of ether oxygens (including phenoxy) is 1. The van der Waals surface area contributed by atoms with Gasteiger partial charge in [-0.3, -0.25) is 9.69 Å². The summed E-state index contributed by atoms with van der Waals surface area (Å²) in [6, 6.07) is 23.5. The van der Waals surface area contributed by atoms with Crippen molar-refractivity contribution in [3.8, 4) is 5.75 Å². The zero-order valence-electron chi connectivity index (χ0n) is 19.8. The molecule has 0 bridgehead atoms. The first kappa shape index (κ1) is 20.7. The Bertz CT molecular complexity index is 1550. The molecule has 3 aromatic carbocycles. The van der Waals surface area contributed by atoms with Gasteiger partial charge in [0.05, 0.1) is 12.6 Å². The van der Waals surface area contributed by atoms with Crippen LogP contribution in [0.1, 0.15) is 58.8 Å². The van der Waals surface area contributed by atoms with Gasteiger partial charge in [0.25, 0.3) is 0 Å². The Kier molecular flexibility index (Phi) is 4.71. The summed E-state index contributed by atoms with van der Waals surface area (Å²) in [6.45, 7) is 3.73. The maximum atomic E-state index is 13.6. The third kappa shape index (κ3) is 3.20. The lowest BCUT2D eigenvalue weighted by molar-refractivity contribution is 0.154. The Morgan fingerprint density at radius 2 is 1.91 bits per heavy atom. The molecule has 0 radical (unpaired) electrons. The number of H-pyrrole nitrogens is 1. The molecule has 7 rings (SSSR count). The van der Waals surface area contributed by atoms with E-state index in [4.69, 9.17) is 4.74 Å². The van der Waals surface area contributed by atoms with Crippen LogP contribution < -0.4 is 10.2 Å². The van der Waals surface area contributed by atoms with Gasteiger partial charge < -0.3 is 9.72 Å². The van der Waals surface area contributed by atoms with Crippen LogP contribution in [-0.4, -0.2) is 22.5 Å². The van der Waals surface area contributed by atoms with Gasteiger partial charge >= 0.3 is 0 Å². The minimum atomic E-state index is 0.00118. The lowest BCUT2D eigenvalue weighted by atomic mass is 9.81. The second-order valence-electron chi connectivity index (χ2n) is 10.0. The topological polar surface area (TPSA) is 45.3 Å². The molecular formula is C31H28N2O2. The third-order valence-electron chi connectivity index (χ3n) is 8.20. The number of hydrogen-bond donors (Lipinski definition) is 1. The molecular weight excluding hydrogens is 432 g/mol. The first-order chi connectivity index (χ1) is 17.2. The number of nitrogens with zero attached hydrogens (tertiary/aromatic N) is 1. The molecule has 174 valence electrons. The van der Waals surface area contributed by atoms with Crippen molar-refractivity contribution in [2.24, 2.45) is 0 Å². The van der Waals surface area contributed by atoms with Crippen LogP contribution in [-0.2, 0) is 13.0 Å². The zero-order chi connectivity index (χ0) is 23.5. The van der Waals surface area contributed by atoms with Crippen LogP contribution >= 0.6 is 0 Å². The molecule has 4 aromatic rings. The summed E-state index contributed by atoms with van der Waals surface area (Å²) in [6.07, 6.45) is 6.48. The normalized spacial score (nSPS) is 21.4. The number of aromatic nitrogens is 1. The van der Waals surface area contributed by atoms with Gasteiger partial charge in [-0.2, -0.15) is 0 Å². The van der Waals surface area contributed by atoms with Gasteiger partial charge in [-0.15, -0.1) is 0 Å². The molecule has 1 aromatic heterocycles. The van der Waals surface area contributed by atoms with Gasteiger partial charge in [-0.25, -0.2) is 0 Å². The molecule has 1 unspecified atom stereocenters. The van der Waals surface area contributed by atoms with Crippen molar-refractivity contribution in [2.75, 3.05) is 6.61 Å². The Balaban J connectivity index is 1.38. The molecule has 0 amide bonds. The van der Waals surface area contributed by atoms with Gasteiger partial charge in [0, 0.05) is 47.1 Å². The van der Waals surface area contributed by atoms with Crippen LogP contribution in [0.2, 0.25) is 0 Å². The molecule has 0 saturated heterocycles. The summed E-state index contributed by atoms with van der Waals surface area (Å²) in [5.74, 6) is 1.36. The van der Waals surface area contributed by atoms with Crippen LogP contribution in [0.15, 0.2) is 77.6 Å². The molecule has 0 spiro atoms. The summed E-state index contributed by atoms with van der Waals surface area (Å²) in [5.41, 5.74) is 8.20. The Labute approximate surface area is 204 Å². The number of nitrogens with one attached hydrogen (secondary N) is 1. The van der Waals surface area contributed by atoms with Gasteiger partial charge in [-0.05, 0) is 53.8 Å². The predicted octanol–water partition coefficient (Wildman–Crippen LogP) is 5.96. The maximum absolute atomic E-state index is 13.6. The van der Waals surface area contributed by atoms with E-state index < -0.39 is 0 Å². The van der Waals surface area contributed by atoms with E-state index >= 15 is 0 Å². The fraction of sp³-hybridized carbons (Fsp3) is 0.258. The summed E-state index contributed by atoms with van der Waals surface area (Å²) in [4.78, 5) is 19.9. The lowest BCUT2D eigenvalue weighted by Gasteiger charge is -2.37. The van der Waals surface area contributed by atoms with E-state index in [1.165, 1.54) is 22.3 Å². The quantitative estimate of drug-likeness (QED) is 0.410. The van der Waals surface area contributed by atoms with Gasteiger partial charge in [0.2, 0.25) is 0 Å². The SMILES string of the molecule is C[C@H](C1CC=Cc2ccccc21)N1Cc2c([nH]c3ccccc3c2=O)[C@H]1c1ccc2c(c1)CCO2. The van der Waals surface area contributed by atoms with Crippen molar-refractivity contribution < 1.29 is 4.74 Å². The Hall–Kier alpha value is -3.63. The fourth-order valence-corrected chi connectivity index (χ4v) is 6.40. The third-order valence-corrected chi connectivity index (χ3v) is 8.20. The van der Waals surface area contributed by atoms with E-state index in [1.54, 1.807) is 0 Å². The molecule has 0 saturated carbocycles. The molecule has 35 heavy (non-hydrogen) atoms. The second kappa shape index (κ2) is 7.96. The largest absolute Gasteiger partial charge is 0.493 e. The highest BCUT2D eigenvalue weighted by Gasteiger charge is 2.40. The zero-order valence-corrected chi connectivity index (χ0v) is 19.8. The van der Waals surface area contributed by atoms with E-state index in [0.717, 1.165) is 47.4 Å². The predicted molar refractivity (Wildman–Crippen MR) is 140 cm³/mol. The maximum Gasteiger partial charge on any atom is 0.194 e. The van der Waals surface area contributed by atoms with E-state index in [0.29, 0.717) is 12.5 Å². The molecule has 4 heteroatoms. The van der Waals surface area contributed by atoms with Crippen molar-refractivity contribution in [3.63, 3.8) is 0 Å². The highest BCUT2D eigenvalue weighted by Crippen LogP contribution is 2.44. The Morgan fingerprint density at radius 3 is 2.86 bits per heavy atom. The summed E-state index contributed by atoms with van der Waals surface area (Å²) in [7, 11) is 0. The van der Waals surface area contributed by atoms with Crippen LogP contribution in [0.5, 0.6) is 5.75 Å². The fourth-order valence-electron chi connectivity index (χ4n) is 6.40. The number of para-hydroxylation sites is 1. The molecule has 2 aliphatic heterocycles. The number of allylic oxidation sites excluding steroid dienone is 1. The molecule has 1 aliphatic carbocycles. The van der Waals surface area contributed by atoms with E-state index in [1.807, 2.05) is 24.3 Å². The van der Waals surface area contributed by atoms with E-state index in [2.05, 4.69) is 71.4 Å². The average Bonchev–Trinajstić information content (AvgIpc) is 3.52.